The van der Waals surface area contributed by atoms with E-state index in [-0.39, 0.29) is 0 Å². The summed E-state index contributed by atoms with van der Waals surface area (Å²) in [5.41, 5.74) is 14.2. The highest BCUT2D eigenvalue weighted by Crippen LogP contribution is 2.46. The summed E-state index contributed by atoms with van der Waals surface area (Å²) in [5.74, 6) is 0. The van der Waals surface area contributed by atoms with Crippen LogP contribution in [0, 0.1) is 13.8 Å². The quantitative estimate of drug-likeness (QED) is 0.173. The third-order valence-corrected chi connectivity index (χ3v) is 10.8. The predicted molar refractivity (Wildman–Crippen MR) is 217 cm³/mol. The molecule has 9 aromatic carbocycles. The molecule has 0 amide bonds. The monoisotopic (exact) mass is 650 g/mol. The lowest BCUT2D eigenvalue weighted by Crippen LogP contribution is -1.92. The van der Waals surface area contributed by atoms with E-state index in [0.717, 1.165) is 16.6 Å². The van der Waals surface area contributed by atoms with Crippen molar-refractivity contribution in [2.24, 2.45) is 0 Å². The lowest BCUT2D eigenvalue weighted by molar-refractivity contribution is 0.666. The van der Waals surface area contributed by atoms with Crippen LogP contribution in [0.15, 0.2) is 174 Å². The fraction of sp³-hybridized carbons (Fsp3) is 0.0400. The van der Waals surface area contributed by atoms with Gasteiger partial charge in [0.25, 0.3) is 0 Å². The summed E-state index contributed by atoms with van der Waals surface area (Å²) in [5, 5.41) is 9.91. The molecule has 1 aromatic heterocycles. The van der Waals surface area contributed by atoms with E-state index in [2.05, 4.69) is 178 Å². The molecule has 51 heavy (non-hydrogen) atoms. The van der Waals surface area contributed by atoms with Gasteiger partial charge in [-0.3, -0.25) is 0 Å². The molecule has 1 nitrogen and oxygen atoms in total. The van der Waals surface area contributed by atoms with Crippen LogP contribution in [-0.4, -0.2) is 0 Å². The summed E-state index contributed by atoms with van der Waals surface area (Å²) in [6.45, 7) is 4.39. The van der Waals surface area contributed by atoms with Gasteiger partial charge >= 0.3 is 0 Å². The molecule has 0 unspecified atom stereocenters. The van der Waals surface area contributed by atoms with Crippen molar-refractivity contribution in [1.82, 2.24) is 0 Å². The van der Waals surface area contributed by atoms with Gasteiger partial charge in [-0.25, -0.2) is 0 Å². The first kappa shape index (κ1) is 29.5. The molecule has 0 aliphatic heterocycles. The number of benzene rings is 9. The zero-order valence-corrected chi connectivity index (χ0v) is 28.6. The molecular weight excluding hydrogens is 617 g/mol. The predicted octanol–water partition coefficient (Wildman–Crippen LogP) is 14.3. The summed E-state index contributed by atoms with van der Waals surface area (Å²) in [7, 11) is 0. The van der Waals surface area contributed by atoms with Crippen LogP contribution in [0.1, 0.15) is 11.1 Å². The number of para-hydroxylation sites is 1. The van der Waals surface area contributed by atoms with Gasteiger partial charge in [0.1, 0.15) is 11.2 Å². The van der Waals surface area contributed by atoms with Gasteiger partial charge in [-0.05, 0) is 121 Å². The molecule has 0 bridgehead atoms. The maximum atomic E-state index is 6.39. The lowest BCUT2D eigenvalue weighted by Gasteiger charge is -2.19. The average Bonchev–Trinajstić information content (AvgIpc) is 3.57. The molecule has 0 saturated carbocycles. The molecule has 1 heteroatoms. The number of hydrogen-bond donors (Lipinski definition) is 0. The molecule has 0 radical (unpaired) electrons. The fourth-order valence-corrected chi connectivity index (χ4v) is 8.33. The minimum atomic E-state index is 0.931. The fourth-order valence-electron chi connectivity index (χ4n) is 8.33. The Balaban J connectivity index is 1.15. The van der Waals surface area contributed by atoms with Gasteiger partial charge in [0, 0.05) is 16.3 Å². The van der Waals surface area contributed by atoms with Crippen LogP contribution in [0.4, 0.5) is 0 Å². The summed E-state index contributed by atoms with van der Waals surface area (Å²) >= 11 is 0. The number of rotatable bonds is 4. The Morgan fingerprint density at radius 3 is 1.71 bits per heavy atom. The van der Waals surface area contributed by atoms with E-state index in [1.54, 1.807) is 0 Å². The highest BCUT2D eigenvalue weighted by Gasteiger charge is 2.19. The maximum Gasteiger partial charge on any atom is 0.138 e. The third kappa shape index (κ3) is 4.62. The molecule has 0 fully saturated rings. The van der Waals surface area contributed by atoms with Crippen LogP contribution in [0.2, 0.25) is 0 Å². The van der Waals surface area contributed by atoms with Crippen LogP contribution >= 0.6 is 0 Å². The topological polar surface area (TPSA) is 13.1 Å². The van der Waals surface area contributed by atoms with E-state index < -0.39 is 0 Å². The van der Waals surface area contributed by atoms with Gasteiger partial charge in [-0.15, -0.1) is 0 Å². The third-order valence-electron chi connectivity index (χ3n) is 10.8. The lowest BCUT2D eigenvalue weighted by atomic mass is 9.84. The minimum absolute atomic E-state index is 0.931. The van der Waals surface area contributed by atoms with E-state index in [4.69, 9.17) is 4.42 Å². The molecule has 1 heterocycles. The molecular formula is C50H34O. The van der Waals surface area contributed by atoms with Crippen molar-refractivity contribution in [2.75, 3.05) is 0 Å². The van der Waals surface area contributed by atoms with Crippen LogP contribution in [-0.2, 0) is 0 Å². The molecule has 240 valence electrons. The zero-order chi connectivity index (χ0) is 34.1. The van der Waals surface area contributed by atoms with E-state index in [9.17, 15) is 0 Å². The Morgan fingerprint density at radius 1 is 0.353 bits per heavy atom. The molecule has 10 rings (SSSR count). The van der Waals surface area contributed by atoms with Crippen molar-refractivity contribution in [3.05, 3.63) is 181 Å². The van der Waals surface area contributed by atoms with Crippen molar-refractivity contribution in [2.45, 2.75) is 13.8 Å². The van der Waals surface area contributed by atoms with Crippen molar-refractivity contribution in [3.8, 4) is 44.5 Å². The normalized spacial score (nSPS) is 11.7. The molecule has 0 atom stereocenters. The second kappa shape index (κ2) is 11.6. The Bertz CT molecular complexity index is 2930. The van der Waals surface area contributed by atoms with Gasteiger partial charge in [0.2, 0.25) is 0 Å². The number of hydrogen-bond acceptors (Lipinski definition) is 1. The van der Waals surface area contributed by atoms with Crippen LogP contribution in [0.25, 0.3) is 98.8 Å². The largest absolute Gasteiger partial charge is 0.456 e. The highest BCUT2D eigenvalue weighted by atomic mass is 16.3. The standard InChI is InChI=1S/C50H34O/c1-31-25-26-35(30-46(31)37-27-28-45-39-18-9-10-24-47(39)51-50(45)32(37)2)34-15-11-16-36(29-34)48-41-19-5-7-21-43(41)49(44-22-8-6-20-42(44)48)40-23-12-14-33-13-3-4-17-38(33)40/h3-30H,1-2H3. The second-order valence-electron chi connectivity index (χ2n) is 13.7. The zero-order valence-electron chi connectivity index (χ0n) is 28.6. The Labute approximate surface area is 297 Å². The van der Waals surface area contributed by atoms with E-state index in [1.165, 1.54) is 93.3 Å². The van der Waals surface area contributed by atoms with Crippen LogP contribution in [0.5, 0.6) is 0 Å². The van der Waals surface area contributed by atoms with Gasteiger partial charge in [-0.2, -0.15) is 0 Å². The number of fused-ring (bicyclic) bond motifs is 6. The molecule has 0 saturated heterocycles. The average molecular weight is 651 g/mol. The molecule has 0 aliphatic carbocycles. The summed E-state index contributed by atoms with van der Waals surface area (Å²) in [4.78, 5) is 0. The summed E-state index contributed by atoms with van der Waals surface area (Å²) in [6, 6.07) is 62.0. The molecule has 0 spiro atoms. The van der Waals surface area contributed by atoms with Crippen molar-refractivity contribution < 1.29 is 4.42 Å². The van der Waals surface area contributed by atoms with E-state index in [1.807, 2.05) is 6.07 Å². The van der Waals surface area contributed by atoms with Gasteiger partial charge in [-0.1, -0.05) is 146 Å². The Kier molecular flexibility index (Phi) is 6.69. The van der Waals surface area contributed by atoms with E-state index >= 15 is 0 Å². The first-order valence-corrected chi connectivity index (χ1v) is 17.7. The first-order chi connectivity index (χ1) is 25.1. The van der Waals surface area contributed by atoms with Gasteiger partial charge < -0.3 is 4.42 Å². The first-order valence-electron chi connectivity index (χ1n) is 17.7. The van der Waals surface area contributed by atoms with Gasteiger partial charge in [0.15, 0.2) is 0 Å². The SMILES string of the molecule is Cc1ccc(-c2cccc(-c3c4ccccc4c(-c4cccc5ccccc45)c4ccccc34)c2)cc1-c1ccc2c(oc3ccccc32)c1C. The molecule has 0 N–H and O–H groups in total. The number of aryl methyl sites for hydroxylation is 2. The summed E-state index contributed by atoms with van der Waals surface area (Å²) in [6.07, 6.45) is 0. The van der Waals surface area contributed by atoms with Crippen LogP contribution in [0.3, 0.4) is 0 Å². The summed E-state index contributed by atoms with van der Waals surface area (Å²) < 4.78 is 6.39. The second-order valence-corrected chi connectivity index (χ2v) is 13.7. The molecule has 10 aromatic rings. The van der Waals surface area contributed by atoms with Crippen molar-refractivity contribution in [1.29, 1.82) is 0 Å². The Morgan fingerprint density at radius 2 is 0.941 bits per heavy atom. The molecule has 0 aliphatic rings. The smallest absolute Gasteiger partial charge is 0.138 e. The maximum absolute atomic E-state index is 6.39. The highest BCUT2D eigenvalue weighted by molar-refractivity contribution is 6.23. The van der Waals surface area contributed by atoms with Crippen molar-refractivity contribution in [3.63, 3.8) is 0 Å². The minimum Gasteiger partial charge on any atom is -0.456 e. The number of furan rings is 1. The van der Waals surface area contributed by atoms with Crippen molar-refractivity contribution >= 4 is 54.3 Å². The Hall–Kier alpha value is -6.44. The van der Waals surface area contributed by atoms with E-state index in [0.29, 0.717) is 0 Å². The van der Waals surface area contributed by atoms with Gasteiger partial charge in [0.05, 0.1) is 0 Å². The van der Waals surface area contributed by atoms with Crippen LogP contribution < -0.4 is 0 Å².